The summed E-state index contributed by atoms with van der Waals surface area (Å²) in [5.74, 6) is 0.726. The maximum Gasteiger partial charge on any atom is 0.317 e. The second-order valence-corrected chi connectivity index (χ2v) is 5.53. The summed E-state index contributed by atoms with van der Waals surface area (Å²) >= 11 is 0. The van der Waals surface area contributed by atoms with Gasteiger partial charge in [-0.05, 0) is 18.1 Å². The van der Waals surface area contributed by atoms with Crippen molar-refractivity contribution in [1.29, 1.82) is 0 Å². The van der Waals surface area contributed by atoms with Crippen LogP contribution in [0.4, 0.5) is 10.7 Å². The van der Waals surface area contributed by atoms with E-state index in [2.05, 4.69) is 25.3 Å². The lowest BCUT2D eigenvalue weighted by Gasteiger charge is -2.34. The summed E-state index contributed by atoms with van der Waals surface area (Å²) in [5, 5.41) is 7.08. The number of aryl methyl sites for hydroxylation is 1. The van der Waals surface area contributed by atoms with E-state index < -0.39 is 0 Å². The van der Waals surface area contributed by atoms with Gasteiger partial charge in [-0.25, -0.2) is 14.8 Å². The Hall–Kier alpha value is -2.64. The summed E-state index contributed by atoms with van der Waals surface area (Å²) in [6.07, 6.45) is 8.05. The molecular weight excluding hydrogens is 294 g/mol. The number of amides is 2. The Kier molecular flexibility index (Phi) is 4.70. The minimum absolute atomic E-state index is 0.0116. The Morgan fingerprint density at radius 3 is 2.61 bits per heavy atom. The van der Waals surface area contributed by atoms with Gasteiger partial charge in [0.25, 0.3) is 0 Å². The number of aromatic nitrogens is 4. The number of hydrogen-bond donors (Lipinski definition) is 1. The average Bonchev–Trinajstić information content (AvgIpc) is 3.01. The first-order valence-electron chi connectivity index (χ1n) is 7.74. The first-order chi connectivity index (χ1) is 11.2. The van der Waals surface area contributed by atoms with Gasteiger partial charge >= 0.3 is 6.03 Å². The van der Waals surface area contributed by atoms with E-state index in [-0.39, 0.29) is 6.03 Å². The third-order valence-corrected chi connectivity index (χ3v) is 3.85. The number of rotatable bonds is 4. The fourth-order valence-electron chi connectivity index (χ4n) is 2.59. The van der Waals surface area contributed by atoms with Crippen molar-refractivity contribution in [2.24, 2.45) is 7.05 Å². The highest BCUT2D eigenvalue weighted by atomic mass is 16.2. The Morgan fingerprint density at radius 2 is 1.96 bits per heavy atom. The van der Waals surface area contributed by atoms with Crippen molar-refractivity contribution in [3.8, 4) is 0 Å². The van der Waals surface area contributed by atoms with Crippen LogP contribution in [0.1, 0.15) is 5.56 Å². The molecule has 3 heterocycles. The van der Waals surface area contributed by atoms with Gasteiger partial charge in [-0.15, -0.1) is 0 Å². The van der Waals surface area contributed by atoms with Crippen molar-refractivity contribution < 1.29 is 4.79 Å². The third kappa shape index (κ3) is 3.97. The average molecular weight is 315 g/mol. The number of nitrogens with one attached hydrogen (secondary N) is 1. The molecule has 1 saturated heterocycles. The van der Waals surface area contributed by atoms with Crippen LogP contribution in [0.2, 0.25) is 0 Å². The summed E-state index contributed by atoms with van der Waals surface area (Å²) < 4.78 is 1.77. The van der Waals surface area contributed by atoms with Gasteiger partial charge in [0, 0.05) is 58.4 Å². The highest BCUT2D eigenvalue weighted by molar-refractivity contribution is 5.74. The van der Waals surface area contributed by atoms with E-state index in [0.29, 0.717) is 19.6 Å². The smallest absolute Gasteiger partial charge is 0.317 e. The number of urea groups is 1. The van der Waals surface area contributed by atoms with Crippen molar-refractivity contribution in [1.82, 2.24) is 30.0 Å². The molecule has 122 valence electrons. The molecule has 0 spiro atoms. The molecule has 0 bridgehead atoms. The SMILES string of the molecule is Cn1cc(CCNC(=O)N2CCN(c3ncccn3)CC2)cn1. The van der Waals surface area contributed by atoms with Crippen molar-refractivity contribution in [3.63, 3.8) is 0 Å². The molecule has 0 aromatic carbocycles. The molecule has 0 saturated carbocycles. The normalized spacial score (nSPS) is 14.8. The zero-order valence-corrected chi connectivity index (χ0v) is 13.2. The standard InChI is InChI=1S/C15H21N7O/c1-20-12-13(11-19-20)3-6-18-15(23)22-9-7-21(8-10-22)14-16-4-2-5-17-14/h2,4-5,11-12H,3,6-10H2,1H3,(H,18,23). The molecule has 3 rings (SSSR count). The zero-order chi connectivity index (χ0) is 16.1. The van der Waals surface area contributed by atoms with E-state index >= 15 is 0 Å². The Bertz CT molecular complexity index is 634. The third-order valence-electron chi connectivity index (χ3n) is 3.85. The molecular formula is C15H21N7O. The quantitative estimate of drug-likeness (QED) is 0.877. The molecule has 2 aromatic heterocycles. The van der Waals surface area contributed by atoms with E-state index in [1.807, 2.05) is 24.3 Å². The van der Waals surface area contributed by atoms with Crippen LogP contribution in [0.25, 0.3) is 0 Å². The number of hydrogen-bond acceptors (Lipinski definition) is 5. The van der Waals surface area contributed by atoms with Gasteiger partial charge in [0.2, 0.25) is 5.95 Å². The van der Waals surface area contributed by atoms with E-state index in [1.54, 1.807) is 23.1 Å². The second-order valence-electron chi connectivity index (χ2n) is 5.53. The summed E-state index contributed by atoms with van der Waals surface area (Å²) in [5.41, 5.74) is 1.12. The van der Waals surface area contributed by atoms with Crippen LogP contribution < -0.4 is 10.2 Å². The molecule has 0 atom stereocenters. The Balaban J connectivity index is 1.41. The Labute approximate surface area is 135 Å². The van der Waals surface area contributed by atoms with Crippen molar-refractivity contribution >= 4 is 12.0 Å². The molecule has 8 heteroatoms. The zero-order valence-electron chi connectivity index (χ0n) is 13.2. The highest BCUT2D eigenvalue weighted by Gasteiger charge is 2.22. The Morgan fingerprint density at radius 1 is 1.22 bits per heavy atom. The minimum Gasteiger partial charge on any atom is -0.338 e. The second kappa shape index (κ2) is 7.08. The molecule has 0 radical (unpaired) electrons. The predicted molar refractivity (Wildman–Crippen MR) is 86.1 cm³/mol. The number of piperazine rings is 1. The van der Waals surface area contributed by atoms with Crippen LogP contribution in [-0.2, 0) is 13.5 Å². The van der Waals surface area contributed by atoms with Gasteiger partial charge in [-0.1, -0.05) is 0 Å². The van der Waals surface area contributed by atoms with Gasteiger partial charge in [-0.2, -0.15) is 5.10 Å². The molecule has 1 N–H and O–H groups in total. The lowest BCUT2D eigenvalue weighted by molar-refractivity contribution is 0.194. The maximum absolute atomic E-state index is 12.2. The van der Waals surface area contributed by atoms with Crippen LogP contribution in [0.15, 0.2) is 30.9 Å². The van der Waals surface area contributed by atoms with Crippen LogP contribution in [0.5, 0.6) is 0 Å². The summed E-state index contributed by atoms with van der Waals surface area (Å²) in [6.45, 7) is 3.47. The van der Waals surface area contributed by atoms with Crippen LogP contribution in [-0.4, -0.2) is 63.4 Å². The lowest BCUT2D eigenvalue weighted by Crippen LogP contribution is -2.52. The lowest BCUT2D eigenvalue weighted by atomic mass is 10.2. The van der Waals surface area contributed by atoms with Crippen molar-refractivity contribution in [2.75, 3.05) is 37.6 Å². The van der Waals surface area contributed by atoms with Crippen LogP contribution in [0, 0.1) is 0 Å². The highest BCUT2D eigenvalue weighted by Crippen LogP contribution is 2.09. The van der Waals surface area contributed by atoms with Crippen LogP contribution in [0.3, 0.4) is 0 Å². The van der Waals surface area contributed by atoms with Gasteiger partial charge < -0.3 is 15.1 Å². The largest absolute Gasteiger partial charge is 0.338 e. The molecule has 1 aliphatic heterocycles. The monoisotopic (exact) mass is 315 g/mol. The fraction of sp³-hybridized carbons (Fsp3) is 0.467. The first kappa shape index (κ1) is 15.3. The molecule has 2 amide bonds. The van der Waals surface area contributed by atoms with E-state index in [1.165, 1.54) is 0 Å². The summed E-state index contributed by atoms with van der Waals surface area (Å²) in [6, 6.07) is 1.79. The molecule has 2 aromatic rings. The maximum atomic E-state index is 12.2. The molecule has 0 aliphatic carbocycles. The van der Waals surface area contributed by atoms with Gasteiger partial charge in [-0.3, -0.25) is 4.68 Å². The molecule has 0 unspecified atom stereocenters. The first-order valence-corrected chi connectivity index (χ1v) is 7.74. The van der Waals surface area contributed by atoms with Crippen LogP contribution >= 0.6 is 0 Å². The fourth-order valence-corrected chi connectivity index (χ4v) is 2.59. The summed E-state index contributed by atoms with van der Waals surface area (Å²) in [7, 11) is 1.89. The van der Waals surface area contributed by atoms with E-state index in [9.17, 15) is 4.79 Å². The van der Waals surface area contributed by atoms with Crippen molar-refractivity contribution in [3.05, 3.63) is 36.4 Å². The number of carbonyl (C=O) groups is 1. The van der Waals surface area contributed by atoms with E-state index in [4.69, 9.17) is 0 Å². The minimum atomic E-state index is -0.0116. The van der Waals surface area contributed by atoms with Gasteiger partial charge in [0.05, 0.1) is 6.20 Å². The van der Waals surface area contributed by atoms with Gasteiger partial charge in [0.15, 0.2) is 0 Å². The number of nitrogens with zero attached hydrogens (tertiary/aromatic N) is 6. The molecule has 1 aliphatic rings. The molecule has 23 heavy (non-hydrogen) atoms. The van der Waals surface area contributed by atoms with E-state index in [0.717, 1.165) is 31.0 Å². The summed E-state index contributed by atoms with van der Waals surface area (Å²) in [4.78, 5) is 24.6. The van der Waals surface area contributed by atoms with Gasteiger partial charge in [0.1, 0.15) is 0 Å². The number of carbonyl (C=O) groups excluding carboxylic acids is 1. The topological polar surface area (TPSA) is 79.2 Å². The molecule has 1 fully saturated rings. The predicted octanol–water partition coefficient (Wildman–Crippen LogP) is 0.284. The number of anilines is 1. The van der Waals surface area contributed by atoms with Crippen molar-refractivity contribution in [2.45, 2.75) is 6.42 Å². The molecule has 8 nitrogen and oxygen atoms in total.